The molecule has 0 spiro atoms. The minimum atomic E-state index is -0.833. The van der Waals surface area contributed by atoms with Crippen molar-refractivity contribution < 1.29 is 9.90 Å². The highest BCUT2D eigenvalue weighted by Gasteiger charge is 1.84. The van der Waals surface area contributed by atoms with Crippen molar-refractivity contribution >= 4 is 11.7 Å². The number of aromatic nitrogens is 1. The van der Waals surface area contributed by atoms with Gasteiger partial charge >= 0.3 is 0 Å². The van der Waals surface area contributed by atoms with Crippen molar-refractivity contribution in [3.8, 4) is 0 Å². The monoisotopic (exact) mass is 182 g/mol. The molecule has 1 rings (SSSR count). The zero-order valence-corrected chi connectivity index (χ0v) is 7.10. The average molecular weight is 182 g/mol. The Labute approximate surface area is 74.9 Å². The molecule has 13 heavy (non-hydrogen) atoms. The number of aliphatic carboxylic acids is 1. The van der Waals surface area contributed by atoms with E-state index in [2.05, 4.69) is 4.98 Å². The highest BCUT2D eigenvalue weighted by Crippen LogP contribution is 1.84. The number of hydrogen-bond donors (Lipinski definition) is 2. The molecule has 1 heterocycles. The average Bonchev–Trinajstić information content (AvgIpc) is 2.16. The van der Waals surface area contributed by atoms with E-state index < -0.39 is 5.97 Å². The highest BCUT2D eigenvalue weighted by molar-refractivity contribution is 5.62. The van der Waals surface area contributed by atoms with Crippen molar-refractivity contribution in [3.63, 3.8) is 0 Å². The lowest BCUT2D eigenvalue weighted by atomic mass is 10.5. The summed E-state index contributed by atoms with van der Waals surface area (Å²) in [6, 6.07) is 4.84. The largest absolute Gasteiger partial charge is 0.481 e. The van der Waals surface area contributed by atoms with Gasteiger partial charge in [-0.15, -0.1) is 0 Å². The van der Waals surface area contributed by atoms with Gasteiger partial charge in [0.25, 0.3) is 11.5 Å². The Hall–Kier alpha value is -1.91. The van der Waals surface area contributed by atoms with Crippen LogP contribution in [0.15, 0.2) is 29.2 Å². The molecule has 0 amide bonds. The van der Waals surface area contributed by atoms with Gasteiger partial charge in [-0.25, -0.2) is 4.98 Å². The SMILES string of the molecule is CC(=O)O.Nc1ccccnc1=O. The number of anilines is 1. The molecular formula is C8H10N2O3. The smallest absolute Gasteiger partial charge is 0.300 e. The fourth-order valence-corrected chi connectivity index (χ4v) is 0.465. The number of nitrogen functional groups attached to an aromatic ring is 1. The third-order valence-electron chi connectivity index (χ3n) is 0.912. The first kappa shape index (κ1) is 11.1. The zero-order chi connectivity index (χ0) is 10.3. The third-order valence-corrected chi connectivity index (χ3v) is 0.912. The van der Waals surface area contributed by atoms with E-state index in [-0.39, 0.29) is 11.2 Å². The quantitative estimate of drug-likeness (QED) is 0.594. The Morgan fingerprint density at radius 3 is 2.62 bits per heavy atom. The van der Waals surface area contributed by atoms with Crippen molar-refractivity contribution in [2.75, 3.05) is 5.73 Å². The molecule has 0 unspecified atom stereocenters. The molecule has 3 N–H and O–H groups in total. The van der Waals surface area contributed by atoms with Crippen LogP contribution in [0.4, 0.5) is 5.69 Å². The molecule has 5 nitrogen and oxygen atoms in total. The first-order valence-corrected chi connectivity index (χ1v) is 3.44. The maximum atomic E-state index is 10.6. The van der Waals surface area contributed by atoms with Crippen LogP contribution in [0.5, 0.6) is 0 Å². The Balaban J connectivity index is 0.000000310. The van der Waals surface area contributed by atoms with E-state index in [9.17, 15) is 4.79 Å². The second kappa shape index (κ2) is 5.70. The molecule has 1 aromatic rings. The van der Waals surface area contributed by atoms with Crippen LogP contribution in [-0.4, -0.2) is 16.1 Å². The minimum absolute atomic E-state index is 0.181. The van der Waals surface area contributed by atoms with E-state index >= 15 is 0 Å². The lowest BCUT2D eigenvalue weighted by Gasteiger charge is -1.74. The van der Waals surface area contributed by atoms with Crippen LogP contribution in [0.2, 0.25) is 0 Å². The second-order valence-electron chi connectivity index (χ2n) is 2.11. The molecule has 70 valence electrons. The first-order chi connectivity index (χ1) is 6.04. The van der Waals surface area contributed by atoms with Crippen molar-refractivity contribution in [2.24, 2.45) is 0 Å². The van der Waals surface area contributed by atoms with Gasteiger partial charge in [-0.3, -0.25) is 9.59 Å². The summed E-state index contributed by atoms with van der Waals surface area (Å²) in [5, 5.41) is 7.42. The second-order valence-corrected chi connectivity index (χ2v) is 2.11. The van der Waals surface area contributed by atoms with Crippen molar-refractivity contribution in [1.29, 1.82) is 0 Å². The Morgan fingerprint density at radius 2 is 2.08 bits per heavy atom. The van der Waals surface area contributed by atoms with Crippen molar-refractivity contribution in [3.05, 3.63) is 34.7 Å². The number of carboxylic acid groups (broad SMARTS) is 1. The van der Waals surface area contributed by atoms with Crippen molar-refractivity contribution in [2.45, 2.75) is 6.92 Å². The molecule has 0 saturated heterocycles. The fraction of sp³-hybridized carbons (Fsp3) is 0.125. The fourth-order valence-electron chi connectivity index (χ4n) is 0.465. The van der Waals surface area contributed by atoms with E-state index in [0.717, 1.165) is 6.92 Å². The van der Waals surface area contributed by atoms with Crippen LogP contribution in [-0.2, 0) is 4.79 Å². The van der Waals surface area contributed by atoms with E-state index in [1.54, 1.807) is 12.1 Å². The normalized spacial score (nSPS) is 8.08. The Kier molecular flexibility index (Phi) is 4.87. The van der Waals surface area contributed by atoms with Crippen molar-refractivity contribution in [1.82, 2.24) is 4.98 Å². The van der Waals surface area contributed by atoms with E-state index in [4.69, 9.17) is 15.6 Å². The van der Waals surface area contributed by atoms with Crippen LogP contribution in [0.1, 0.15) is 6.92 Å². The van der Waals surface area contributed by atoms with E-state index in [1.807, 2.05) is 0 Å². The molecule has 0 aliphatic heterocycles. The summed E-state index contributed by atoms with van der Waals surface area (Å²) in [7, 11) is 0. The van der Waals surface area contributed by atoms with Gasteiger partial charge in [0, 0.05) is 13.1 Å². The molecule has 0 bridgehead atoms. The number of hydrogen-bond acceptors (Lipinski definition) is 4. The van der Waals surface area contributed by atoms with Gasteiger partial charge in [-0.2, -0.15) is 0 Å². The first-order valence-electron chi connectivity index (χ1n) is 3.44. The third kappa shape index (κ3) is 6.49. The number of carbonyl (C=O) groups is 1. The Morgan fingerprint density at radius 1 is 1.54 bits per heavy atom. The van der Waals surface area contributed by atoms with Crippen LogP contribution < -0.4 is 11.3 Å². The van der Waals surface area contributed by atoms with Gasteiger partial charge in [-0.05, 0) is 12.1 Å². The summed E-state index contributed by atoms with van der Waals surface area (Å²) in [6.07, 6.45) is 1.42. The summed E-state index contributed by atoms with van der Waals surface area (Å²) < 4.78 is 0. The van der Waals surface area contributed by atoms with Crippen LogP contribution >= 0.6 is 0 Å². The van der Waals surface area contributed by atoms with Gasteiger partial charge in [0.15, 0.2) is 0 Å². The molecule has 0 fully saturated rings. The zero-order valence-electron chi connectivity index (χ0n) is 7.10. The molecule has 5 heteroatoms. The lowest BCUT2D eigenvalue weighted by molar-refractivity contribution is -0.134. The predicted octanol–water partition coefficient (Wildman–Crippen LogP) is 0.115. The molecule has 0 atom stereocenters. The summed E-state index contributed by atoms with van der Waals surface area (Å²) in [5.74, 6) is -0.833. The highest BCUT2D eigenvalue weighted by atomic mass is 16.4. The van der Waals surface area contributed by atoms with E-state index in [0.29, 0.717) is 0 Å². The molecule has 0 aromatic carbocycles. The molecule has 0 aliphatic rings. The molecule has 1 aromatic heterocycles. The maximum absolute atomic E-state index is 10.6. The van der Waals surface area contributed by atoms with Crippen LogP contribution in [0.25, 0.3) is 0 Å². The number of rotatable bonds is 0. The Bertz CT molecular complexity index is 334. The maximum Gasteiger partial charge on any atom is 0.300 e. The van der Waals surface area contributed by atoms with E-state index in [1.165, 1.54) is 12.3 Å². The standard InChI is InChI=1S/C6H6N2O.C2H4O2/c7-5-3-1-2-4-8-6(5)9;1-2(3)4/h1-4H,(H2,7,8,9);1H3,(H,3,4). The van der Waals surface area contributed by atoms with Gasteiger partial charge in [0.05, 0.1) is 5.69 Å². The molecule has 0 radical (unpaired) electrons. The van der Waals surface area contributed by atoms with Gasteiger partial charge in [0.2, 0.25) is 0 Å². The minimum Gasteiger partial charge on any atom is -0.481 e. The summed E-state index contributed by atoms with van der Waals surface area (Å²) >= 11 is 0. The van der Waals surface area contributed by atoms with Crippen LogP contribution in [0, 0.1) is 0 Å². The van der Waals surface area contributed by atoms with Gasteiger partial charge in [-0.1, -0.05) is 6.07 Å². The molecule has 0 aliphatic carbocycles. The topological polar surface area (TPSA) is 93.3 Å². The summed E-state index contributed by atoms with van der Waals surface area (Å²) in [4.78, 5) is 23.0. The van der Waals surface area contributed by atoms with Gasteiger partial charge < -0.3 is 10.8 Å². The number of carboxylic acids is 1. The lowest BCUT2D eigenvalue weighted by Crippen LogP contribution is -2.06. The summed E-state index contributed by atoms with van der Waals surface area (Å²) in [6.45, 7) is 1.08. The summed E-state index contributed by atoms with van der Waals surface area (Å²) in [5.41, 5.74) is 5.03. The number of nitrogens with two attached hydrogens (primary N) is 1. The van der Waals surface area contributed by atoms with Crippen LogP contribution in [0.3, 0.4) is 0 Å². The predicted molar refractivity (Wildman–Crippen MR) is 48.2 cm³/mol. The molecule has 0 saturated carbocycles. The van der Waals surface area contributed by atoms with Gasteiger partial charge in [0.1, 0.15) is 0 Å². The number of nitrogens with zero attached hydrogens (tertiary/aromatic N) is 1. The molecular weight excluding hydrogens is 172 g/mol.